The van der Waals surface area contributed by atoms with Gasteiger partial charge in [0.25, 0.3) is 0 Å². The van der Waals surface area contributed by atoms with Crippen LogP contribution in [0.1, 0.15) is 17.0 Å². The summed E-state index contributed by atoms with van der Waals surface area (Å²) >= 11 is 0. The van der Waals surface area contributed by atoms with E-state index in [1.165, 1.54) is 9.95 Å². The van der Waals surface area contributed by atoms with E-state index in [4.69, 9.17) is 0 Å². The molecule has 124 valence electrons. The molecule has 2 N–H and O–H groups in total. The largest absolute Gasteiger partial charge is 0.361 e. The van der Waals surface area contributed by atoms with Gasteiger partial charge in [0.1, 0.15) is 6.54 Å². The van der Waals surface area contributed by atoms with Crippen LogP contribution in [0.15, 0.2) is 41.3 Å². The quantitative estimate of drug-likeness (QED) is 0.750. The third-order valence-corrected chi connectivity index (χ3v) is 4.04. The average Bonchev–Trinajstić information content (AvgIpc) is 2.94. The fourth-order valence-corrected chi connectivity index (χ4v) is 2.84. The van der Waals surface area contributed by atoms with Crippen molar-refractivity contribution in [3.05, 3.63) is 64.0 Å². The standard InChI is InChI=1S/C18H20N4O2/c1-12-9-13(2)22(18(24)21-12)11-17(23)19-8-7-14-10-20-16-6-4-3-5-15(14)16/h3-6,9-10,20H,7-8,11H2,1-2H3,(H,19,23). The Morgan fingerprint density at radius 1 is 1.29 bits per heavy atom. The lowest BCUT2D eigenvalue weighted by molar-refractivity contribution is -0.121. The molecule has 1 amide bonds. The Balaban J connectivity index is 1.59. The van der Waals surface area contributed by atoms with Crippen LogP contribution >= 0.6 is 0 Å². The molecule has 24 heavy (non-hydrogen) atoms. The number of nitrogens with zero attached hydrogens (tertiary/aromatic N) is 2. The molecule has 3 aromatic rings. The zero-order valence-electron chi connectivity index (χ0n) is 13.8. The highest BCUT2D eigenvalue weighted by molar-refractivity contribution is 5.83. The number of nitrogens with one attached hydrogen (secondary N) is 2. The topological polar surface area (TPSA) is 79.8 Å². The summed E-state index contributed by atoms with van der Waals surface area (Å²) in [4.78, 5) is 31.0. The van der Waals surface area contributed by atoms with Gasteiger partial charge in [-0.2, -0.15) is 4.98 Å². The lowest BCUT2D eigenvalue weighted by Gasteiger charge is -2.10. The van der Waals surface area contributed by atoms with Crippen LogP contribution in [0.25, 0.3) is 10.9 Å². The average molecular weight is 324 g/mol. The SMILES string of the molecule is Cc1cc(C)n(CC(=O)NCCc2c[nH]c3ccccc23)c(=O)n1. The normalized spacial score (nSPS) is 10.9. The summed E-state index contributed by atoms with van der Waals surface area (Å²) in [7, 11) is 0. The molecule has 6 nitrogen and oxygen atoms in total. The number of amides is 1. The Morgan fingerprint density at radius 3 is 2.88 bits per heavy atom. The molecule has 2 heterocycles. The van der Waals surface area contributed by atoms with Crippen molar-refractivity contribution in [2.45, 2.75) is 26.8 Å². The zero-order valence-corrected chi connectivity index (χ0v) is 13.8. The van der Waals surface area contributed by atoms with Crippen molar-refractivity contribution in [2.24, 2.45) is 0 Å². The molecule has 0 bridgehead atoms. The summed E-state index contributed by atoms with van der Waals surface area (Å²) in [5.41, 5.74) is 3.26. The first-order valence-corrected chi connectivity index (χ1v) is 7.91. The molecule has 0 atom stereocenters. The summed E-state index contributed by atoms with van der Waals surface area (Å²) in [5.74, 6) is -0.189. The summed E-state index contributed by atoms with van der Waals surface area (Å²) in [6, 6.07) is 9.86. The Hall–Kier alpha value is -2.89. The fraction of sp³-hybridized carbons (Fsp3) is 0.278. The summed E-state index contributed by atoms with van der Waals surface area (Å²) in [5, 5.41) is 4.03. The maximum atomic E-state index is 12.1. The van der Waals surface area contributed by atoms with Crippen molar-refractivity contribution in [2.75, 3.05) is 6.54 Å². The van der Waals surface area contributed by atoms with Crippen molar-refractivity contribution in [1.29, 1.82) is 0 Å². The molecule has 0 saturated carbocycles. The molecule has 0 fully saturated rings. The molecule has 6 heteroatoms. The Labute approximate surface area is 139 Å². The second-order valence-electron chi connectivity index (χ2n) is 5.87. The number of aromatic amines is 1. The number of hydrogen-bond donors (Lipinski definition) is 2. The number of para-hydroxylation sites is 1. The van der Waals surface area contributed by atoms with Gasteiger partial charge in [0.15, 0.2) is 0 Å². The summed E-state index contributed by atoms with van der Waals surface area (Å²) < 4.78 is 1.38. The molecule has 1 aromatic carbocycles. The van der Waals surface area contributed by atoms with Crippen LogP contribution in [0.2, 0.25) is 0 Å². The maximum Gasteiger partial charge on any atom is 0.348 e. The molecular weight excluding hydrogens is 304 g/mol. The molecule has 0 aliphatic rings. The molecular formula is C18H20N4O2. The van der Waals surface area contributed by atoms with Gasteiger partial charge >= 0.3 is 5.69 Å². The molecule has 0 saturated heterocycles. The highest BCUT2D eigenvalue weighted by Crippen LogP contribution is 2.17. The van der Waals surface area contributed by atoms with Crippen LogP contribution in [0.4, 0.5) is 0 Å². The number of fused-ring (bicyclic) bond motifs is 1. The summed E-state index contributed by atoms with van der Waals surface area (Å²) in [6.07, 6.45) is 2.70. The third-order valence-electron chi connectivity index (χ3n) is 4.04. The molecule has 3 rings (SSSR count). The van der Waals surface area contributed by atoms with E-state index in [1.807, 2.05) is 24.4 Å². The van der Waals surface area contributed by atoms with Gasteiger partial charge in [0.05, 0.1) is 0 Å². The monoisotopic (exact) mass is 324 g/mol. The molecule has 2 aromatic heterocycles. The van der Waals surface area contributed by atoms with Gasteiger partial charge in [0, 0.05) is 35.0 Å². The summed E-state index contributed by atoms with van der Waals surface area (Å²) in [6.45, 7) is 4.08. The number of aryl methyl sites for hydroxylation is 2. The first kappa shape index (κ1) is 16.0. The van der Waals surface area contributed by atoms with Crippen LogP contribution in [-0.4, -0.2) is 27.0 Å². The van der Waals surface area contributed by atoms with E-state index in [0.29, 0.717) is 12.2 Å². The van der Waals surface area contributed by atoms with Gasteiger partial charge in [0.2, 0.25) is 5.91 Å². The van der Waals surface area contributed by atoms with Crippen LogP contribution in [0.3, 0.4) is 0 Å². The Bertz CT molecular complexity index is 940. The van der Waals surface area contributed by atoms with E-state index < -0.39 is 0 Å². The van der Waals surface area contributed by atoms with Gasteiger partial charge in [-0.1, -0.05) is 18.2 Å². The second kappa shape index (κ2) is 6.70. The smallest absolute Gasteiger partial charge is 0.348 e. The van der Waals surface area contributed by atoms with Gasteiger partial charge in [-0.05, 0) is 38.0 Å². The van der Waals surface area contributed by atoms with Crippen molar-refractivity contribution >= 4 is 16.8 Å². The minimum absolute atomic E-state index is 0.00810. The fourth-order valence-electron chi connectivity index (χ4n) is 2.84. The van der Waals surface area contributed by atoms with E-state index in [0.717, 1.165) is 23.2 Å². The number of carbonyl (C=O) groups excluding carboxylic acids is 1. The van der Waals surface area contributed by atoms with Crippen molar-refractivity contribution in [3.8, 4) is 0 Å². The highest BCUT2D eigenvalue weighted by atomic mass is 16.2. The van der Waals surface area contributed by atoms with Gasteiger partial charge in [-0.25, -0.2) is 4.79 Å². The first-order valence-electron chi connectivity index (χ1n) is 7.91. The van der Waals surface area contributed by atoms with Crippen molar-refractivity contribution in [3.63, 3.8) is 0 Å². The predicted octanol–water partition coefficient (Wildman–Crippen LogP) is 1.70. The van der Waals surface area contributed by atoms with Crippen LogP contribution < -0.4 is 11.0 Å². The molecule has 0 radical (unpaired) electrons. The van der Waals surface area contributed by atoms with Gasteiger partial charge < -0.3 is 10.3 Å². The van der Waals surface area contributed by atoms with E-state index in [2.05, 4.69) is 21.4 Å². The number of H-pyrrole nitrogens is 1. The van der Waals surface area contributed by atoms with E-state index in [9.17, 15) is 9.59 Å². The third kappa shape index (κ3) is 3.37. The van der Waals surface area contributed by atoms with Crippen LogP contribution in [-0.2, 0) is 17.8 Å². The number of benzene rings is 1. The van der Waals surface area contributed by atoms with Gasteiger partial charge in [-0.15, -0.1) is 0 Å². The molecule has 0 spiro atoms. The number of rotatable bonds is 5. The number of aromatic nitrogens is 3. The lowest BCUT2D eigenvalue weighted by Crippen LogP contribution is -2.35. The Kier molecular flexibility index (Phi) is 4.46. The molecule has 0 aliphatic carbocycles. The predicted molar refractivity (Wildman–Crippen MR) is 93.0 cm³/mol. The Morgan fingerprint density at radius 2 is 2.08 bits per heavy atom. The van der Waals surface area contributed by atoms with Crippen LogP contribution in [0.5, 0.6) is 0 Å². The lowest BCUT2D eigenvalue weighted by atomic mass is 10.1. The zero-order chi connectivity index (χ0) is 17.1. The first-order chi connectivity index (χ1) is 11.5. The van der Waals surface area contributed by atoms with E-state index in [1.54, 1.807) is 19.9 Å². The molecule has 0 unspecified atom stereocenters. The molecule has 0 aliphatic heterocycles. The number of carbonyl (C=O) groups is 1. The highest BCUT2D eigenvalue weighted by Gasteiger charge is 2.09. The second-order valence-corrected chi connectivity index (χ2v) is 5.87. The number of hydrogen-bond acceptors (Lipinski definition) is 3. The van der Waals surface area contributed by atoms with Gasteiger partial charge in [-0.3, -0.25) is 9.36 Å². The van der Waals surface area contributed by atoms with Crippen LogP contribution in [0, 0.1) is 13.8 Å². The van der Waals surface area contributed by atoms with Crippen molar-refractivity contribution in [1.82, 2.24) is 19.9 Å². The minimum Gasteiger partial charge on any atom is -0.361 e. The minimum atomic E-state index is -0.390. The van der Waals surface area contributed by atoms with E-state index >= 15 is 0 Å². The van der Waals surface area contributed by atoms with E-state index in [-0.39, 0.29) is 18.1 Å². The maximum absolute atomic E-state index is 12.1. The van der Waals surface area contributed by atoms with Crippen molar-refractivity contribution < 1.29 is 4.79 Å².